The van der Waals surface area contributed by atoms with Gasteiger partial charge in [-0.15, -0.1) is 13.2 Å². The SMILES string of the molecule is COc1ccc(C(=O)N2CCC(Oc3cccc(NC(=O)c4cccc(C)c4-c4ccc(OC(F)(F)F)cc4)c3)CC2)cc1. The van der Waals surface area contributed by atoms with E-state index in [0.717, 1.165) is 5.56 Å². The Labute approximate surface area is 253 Å². The first-order valence-corrected chi connectivity index (χ1v) is 14.1. The third-order valence-electron chi connectivity index (χ3n) is 7.35. The second kappa shape index (κ2) is 13.1. The van der Waals surface area contributed by atoms with Gasteiger partial charge in [-0.3, -0.25) is 9.59 Å². The van der Waals surface area contributed by atoms with E-state index in [1.165, 1.54) is 24.3 Å². The number of nitrogens with zero attached hydrogens (tertiary/aromatic N) is 1. The van der Waals surface area contributed by atoms with Crippen LogP contribution in [0.15, 0.2) is 91.0 Å². The fraction of sp³-hybridized carbons (Fsp3) is 0.235. The minimum absolute atomic E-state index is 0.0306. The Morgan fingerprint density at radius 2 is 1.50 bits per heavy atom. The van der Waals surface area contributed by atoms with Crippen LogP contribution in [0.1, 0.15) is 39.1 Å². The molecule has 44 heavy (non-hydrogen) atoms. The van der Waals surface area contributed by atoms with E-state index < -0.39 is 6.36 Å². The number of anilines is 1. The zero-order chi connectivity index (χ0) is 31.3. The number of nitrogens with one attached hydrogen (secondary N) is 1. The number of piperidine rings is 1. The summed E-state index contributed by atoms with van der Waals surface area (Å²) < 4.78 is 53.1. The monoisotopic (exact) mass is 604 g/mol. The number of methoxy groups -OCH3 is 1. The van der Waals surface area contributed by atoms with Crippen LogP contribution >= 0.6 is 0 Å². The van der Waals surface area contributed by atoms with Crippen molar-refractivity contribution in [2.45, 2.75) is 32.2 Å². The third-order valence-corrected chi connectivity index (χ3v) is 7.35. The number of amides is 2. The van der Waals surface area contributed by atoms with Crippen molar-refractivity contribution in [2.75, 3.05) is 25.5 Å². The molecule has 0 spiro atoms. The molecule has 0 aliphatic carbocycles. The predicted molar refractivity (Wildman–Crippen MR) is 160 cm³/mol. The second-order valence-electron chi connectivity index (χ2n) is 10.4. The van der Waals surface area contributed by atoms with Gasteiger partial charge in [0.15, 0.2) is 0 Å². The van der Waals surface area contributed by atoms with Gasteiger partial charge >= 0.3 is 6.36 Å². The van der Waals surface area contributed by atoms with Crippen LogP contribution in [-0.4, -0.2) is 49.4 Å². The fourth-order valence-corrected chi connectivity index (χ4v) is 5.19. The number of hydrogen-bond donors (Lipinski definition) is 1. The Balaban J connectivity index is 1.22. The van der Waals surface area contributed by atoms with Crippen molar-refractivity contribution in [3.63, 3.8) is 0 Å². The van der Waals surface area contributed by atoms with Gasteiger partial charge in [0.05, 0.1) is 7.11 Å². The van der Waals surface area contributed by atoms with Crippen molar-refractivity contribution in [3.8, 4) is 28.4 Å². The van der Waals surface area contributed by atoms with Crippen LogP contribution in [0.2, 0.25) is 0 Å². The first-order chi connectivity index (χ1) is 21.1. The number of ether oxygens (including phenoxy) is 3. The van der Waals surface area contributed by atoms with Crippen molar-refractivity contribution in [1.29, 1.82) is 0 Å². The van der Waals surface area contributed by atoms with Gasteiger partial charge < -0.3 is 24.4 Å². The lowest BCUT2D eigenvalue weighted by Crippen LogP contribution is -2.41. The zero-order valence-electron chi connectivity index (χ0n) is 24.2. The summed E-state index contributed by atoms with van der Waals surface area (Å²) in [5.41, 5.74) is 3.48. The second-order valence-corrected chi connectivity index (χ2v) is 10.4. The van der Waals surface area contributed by atoms with E-state index in [-0.39, 0.29) is 23.7 Å². The standard InChI is InChI=1S/C34H31F3N2O5/c1-22-5-3-8-30(31(22)23-9-15-28(16-10-23)44-34(35,36)37)32(40)38-25-6-4-7-29(21-25)43-27-17-19-39(20-18-27)33(41)24-11-13-26(42-2)14-12-24/h3-16,21,27H,17-20H2,1-2H3,(H,38,40). The first kappa shape index (κ1) is 30.5. The number of rotatable bonds is 8. The van der Waals surface area contributed by atoms with Gasteiger partial charge in [-0.1, -0.05) is 30.3 Å². The normalized spacial score (nSPS) is 13.7. The summed E-state index contributed by atoms with van der Waals surface area (Å²) in [4.78, 5) is 28.1. The average molecular weight is 605 g/mol. The number of hydrogen-bond acceptors (Lipinski definition) is 5. The van der Waals surface area contributed by atoms with Gasteiger partial charge in [-0.05, 0) is 78.2 Å². The van der Waals surface area contributed by atoms with E-state index in [1.54, 1.807) is 61.7 Å². The number of benzene rings is 4. The maximum atomic E-state index is 13.4. The lowest BCUT2D eigenvalue weighted by molar-refractivity contribution is -0.274. The smallest absolute Gasteiger partial charge is 0.497 e. The number of carbonyl (C=O) groups is 2. The zero-order valence-corrected chi connectivity index (χ0v) is 24.2. The highest BCUT2D eigenvalue weighted by molar-refractivity contribution is 6.09. The third kappa shape index (κ3) is 7.50. The molecule has 0 atom stereocenters. The van der Waals surface area contributed by atoms with E-state index >= 15 is 0 Å². The van der Waals surface area contributed by atoms with E-state index in [4.69, 9.17) is 9.47 Å². The van der Waals surface area contributed by atoms with Crippen LogP contribution in [-0.2, 0) is 0 Å². The lowest BCUT2D eigenvalue weighted by atomic mass is 9.94. The summed E-state index contributed by atoms with van der Waals surface area (Å²) in [6.07, 6.45) is -3.55. The Kier molecular flexibility index (Phi) is 9.08. The Hall–Kier alpha value is -4.99. The lowest BCUT2D eigenvalue weighted by Gasteiger charge is -2.32. The molecule has 0 bridgehead atoms. The van der Waals surface area contributed by atoms with Crippen LogP contribution in [0.5, 0.6) is 17.2 Å². The molecule has 1 fully saturated rings. The topological polar surface area (TPSA) is 77.1 Å². The van der Waals surface area contributed by atoms with E-state index in [0.29, 0.717) is 65.4 Å². The van der Waals surface area contributed by atoms with Gasteiger partial charge in [-0.2, -0.15) is 0 Å². The molecule has 5 rings (SSSR count). The minimum atomic E-state index is -4.79. The van der Waals surface area contributed by atoms with Crippen LogP contribution in [0.3, 0.4) is 0 Å². The Morgan fingerprint density at radius 1 is 0.841 bits per heavy atom. The van der Waals surface area contributed by atoms with Crippen molar-refractivity contribution in [2.24, 2.45) is 0 Å². The van der Waals surface area contributed by atoms with Crippen LogP contribution < -0.4 is 19.5 Å². The van der Waals surface area contributed by atoms with Crippen LogP contribution in [0.4, 0.5) is 18.9 Å². The van der Waals surface area contributed by atoms with E-state index in [1.807, 2.05) is 24.0 Å². The summed E-state index contributed by atoms with van der Waals surface area (Å²) in [6, 6.07) is 24.8. The number of aryl methyl sites for hydroxylation is 1. The number of alkyl halides is 3. The molecule has 4 aromatic rings. The van der Waals surface area contributed by atoms with Crippen LogP contribution in [0, 0.1) is 6.92 Å². The highest BCUT2D eigenvalue weighted by atomic mass is 19.4. The van der Waals surface area contributed by atoms with Crippen LogP contribution in [0.25, 0.3) is 11.1 Å². The molecule has 1 aliphatic heterocycles. The molecule has 0 radical (unpaired) electrons. The van der Waals surface area contributed by atoms with E-state index in [9.17, 15) is 22.8 Å². The molecule has 0 saturated carbocycles. The van der Waals surface area contributed by atoms with Gasteiger partial charge in [0.1, 0.15) is 23.4 Å². The summed E-state index contributed by atoms with van der Waals surface area (Å²) >= 11 is 0. The molecule has 1 aliphatic rings. The minimum Gasteiger partial charge on any atom is -0.497 e. The van der Waals surface area contributed by atoms with Crippen molar-refractivity contribution in [3.05, 3.63) is 108 Å². The first-order valence-electron chi connectivity index (χ1n) is 14.1. The molecule has 1 saturated heterocycles. The van der Waals surface area contributed by atoms with Gasteiger partial charge in [0, 0.05) is 48.8 Å². The Bertz CT molecular complexity index is 1610. The van der Waals surface area contributed by atoms with Gasteiger partial charge in [0.25, 0.3) is 11.8 Å². The number of likely N-dealkylation sites (tertiary alicyclic amines) is 1. The summed E-state index contributed by atoms with van der Waals surface area (Å²) in [6.45, 7) is 2.95. The molecule has 7 nitrogen and oxygen atoms in total. The molecular formula is C34H31F3N2O5. The Morgan fingerprint density at radius 3 is 2.16 bits per heavy atom. The molecule has 0 unspecified atom stereocenters. The molecule has 1 heterocycles. The summed E-state index contributed by atoms with van der Waals surface area (Å²) in [7, 11) is 1.58. The number of halogens is 3. The molecule has 10 heteroatoms. The summed E-state index contributed by atoms with van der Waals surface area (Å²) in [5, 5.41) is 2.91. The predicted octanol–water partition coefficient (Wildman–Crippen LogP) is 7.51. The quantitative estimate of drug-likeness (QED) is 0.225. The number of carbonyl (C=O) groups excluding carboxylic acids is 2. The maximum Gasteiger partial charge on any atom is 0.573 e. The van der Waals surface area contributed by atoms with Gasteiger partial charge in [-0.25, -0.2) is 0 Å². The molecule has 1 N–H and O–H groups in total. The molecule has 4 aromatic carbocycles. The fourth-order valence-electron chi connectivity index (χ4n) is 5.19. The molecule has 2 amide bonds. The van der Waals surface area contributed by atoms with Crippen molar-refractivity contribution < 1.29 is 37.0 Å². The maximum absolute atomic E-state index is 13.4. The molecular weight excluding hydrogens is 573 g/mol. The highest BCUT2D eigenvalue weighted by Gasteiger charge is 2.31. The van der Waals surface area contributed by atoms with E-state index in [2.05, 4.69) is 10.1 Å². The van der Waals surface area contributed by atoms with Gasteiger partial charge in [0.2, 0.25) is 0 Å². The molecule has 228 valence electrons. The largest absolute Gasteiger partial charge is 0.573 e. The summed E-state index contributed by atoms with van der Waals surface area (Å²) in [5.74, 6) is 0.540. The highest BCUT2D eigenvalue weighted by Crippen LogP contribution is 2.32. The molecule has 0 aromatic heterocycles. The van der Waals surface area contributed by atoms with Crippen molar-refractivity contribution >= 4 is 17.5 Å². The van der Waals surface area contributed by atoms with Crippen molar-refractivity contribution in [1.82, 2.24) is 4.90 Å². The average Bonchev–Trinajstić information content (AvgIpc) is 3.01.